The van der Waals surface area contributed by atoms with Crippen molar-refractivity contribution in [3.05, 3.63) is 58.3 Å². The molecule has 0 spiro atoms. The first-order valence-electron chi connectivity index (χ1n) is 5.50. The van der Waals surface area contributed by atoms with Gasteiger partial charge in [0.2, 0.25) is 0 Å². The lowest BCUT2D eigenvalue weighted by Crippen LogP contribution is -2.11. The van der Waals surface area contributed by atoms with Crippen molar-refractivity contribution in [2.75, 3.05) is 11.9 Å². The van der Waals surface area contributed by atoms with E-state index in [2.05, 4.69) is 15.9 Å². The molecule has 0 aliphatic heterocycles. The minimum Gasteiger partial charge on any atom is -0.392 e. The number of hydrogen-bond donors (Lipinski definition) is 1. The van der Waals surface area contributed by atoms with Gasteiger partial charge in [-0.3, -0.25) is 0 Å². The van der Waals surface area contributed by atoms with Gasteiger partial charge in [0.15, 0.2) is 0 Å². The smallest absolute Gasteiger partial charge is 0.123 e. The lowest BCUT2D eigenvalue weighted by Gasteiger charge is -2.22. The molecule has 2 nitrogen and oxygen atoms in total. The van der Waals surface area contributed by atoms with Crippen molar-refractivity contribution in [3.63, 3.8) is 0 Å². The van der Waals surface area contributed by atoms with Crippen molar-refractivity contribution in [1.29, 1.82) is 0 Å². The second-order valence-corrected chi connectivity index (χ2v) is 4.88. The van der Waals surface area contributed by atoms with Crippen molar-refractivity contribution in [2.24, 2.45) is 0 Å². The summed E-state index contributed by atoms with van der Waals surface area (Å²) in [7, 11) is 1.88. The number of halogens is 2. The molecule has 0 aromatic heterocycles. The van der Waals surface area contributed by atoms with Gasteiger partial charge in [-0.15, -0.1) is 0 Å². The van der Waals surface area contributed by atoms with E-state index in [1.807, 2.05) is 30.1 Å². The van der Waals surface area contributed by atoms with E-state index in [0.717, 1.165) is 21.4 Å². The highest BCUT2D eigenvalue weighted by Gasteiger charge is 2.09. The lowest BCUT2D eigenvalue weighted by atomic mass is 10.1. The molecule has 0 bridgehead atoms. The molecule has 0 heterocycles. The van der Waals surface area contributed by atoms with Crippen LogP contribution in [0.5, 0.6) is 0 Å². The molecule has 94 valence electrons. The number of rotatable bonds is 3. The summed E-state index contributed by atoms with van der Waals surface area (Å²) in [5.41, 5.74) is 2.58. The fraction of sp³-hybridized carbons (Fsp3) is 0.143. The van der Waals surface area contributed by atoms with Gasteiger partial charge < -0.3 is 10.0 Å². The Bertz CT molecular complexity index is 542. The molecule has 1 N–H and O–H groups in total. The molecule has 0 saturated carbocycles. The topological polar surface area (TPSA) is 23.5 Å². The Kier molecular flexibility index (Phi) is 3.99. The van der Waals surface area contributed by atoms with Gasteiger partial charge in [-0.25, -0.2) is 4.39 Å². The van der Waals surface area contributed by atoms with E-state index < -0.39 is 0 Å². The number of anilines is 2. The van der Waals surface area contributed by atoms with Crippen molar-refractivity contribution < 1.29 is 9.50 Å². The van der Waals surface area contributed by atoms with E-state index in [1.54, 1.807) is 12.1 Å². The SMILES string of the molecule is CN(c1ccc(F)cc1)c1ccc(Br)cc1CO. The second-order valence-electron chi connectivity index (χ2n) is 3.97. The minimum atomic E-state index is -0.259. The summed E-state index contributed by atoms with van der Waals surface area (Å²) in [4.78, 5) is 1.91. The maximum Gasteiger partial charge on any atom is 0.123 e. The van der Waals surface area contributed by atoms with E-state index >= 15 is 0 Å². The van der Waals surface area contributed by atoms with Crippen LogP contribution in [0.4, 0.5) is 15.8 Å². The molecule has 4 heteroatoms. The molecule has 2 rings (SSSR count). The standard InChI is InChI=1S/C14H13BrFNO/c1-17(13-5-3-12(16)4-6-13)14-7-2-11(15)8-10(14)9-18/h2-8,18H,9H2,1H3. The third-order valence-corrected chi connectivity index (χ3v) is 3.28. The summed E-state index contributed by atoms with van der Waals surface area (Å²) < 4.78 is 13.8. The summed E-state index contributed by atoms with van der Waals surface area (Å²) in [5.74, 6) is -0.259. The molecular formula is C14H13BrFNO. The maximum atomic E-state index is 12.9. The number of benzene rings is 2. The minimum absolute atomic E-state index is 0.0414. The third kappa shape index (κ3) is 2.71. The van der Waals surface area contributed by atoms with E-state index in [1.165, 1.54) is 12.1 Å². The Morgan fingerprint density at radius 2 is 1.83 bits per heavy atom. The molecule has 18 heavy (non-hydrogen) atoms. The van der Waals surface area contributed by atoms with Crippen LogP contribution >= 0.6 is 15.9 Å². The average molecular weight is 310 g/mol. The van der Waals surface area contributed by atoms with Crippen molar-refractivity contribution in [2.45, 2.75) is 6.61 Å². The monoisotopic (exact) mass is 309 g/mol. The largest absolute Gasteiger partial charge is 0.392 e. The van der Waals surface area contributed by atoms with E-state index in [-0.39, 0.29) is 12.4 Å². The van der Waals surface area contributed by atoms with Crippen molar-refractivity contribution >= 4 is 27.3 Å². The first-order valence-corrected chi connectivity index (χ1v) is 6.29. The highest BCUT2D eigenvalue weighted by molar-refractivity contribution is 9.10. The average Bonchev–Trinajstić information content (AvgIpc) is 2.38. The number of hydrogen-bond acceptors (Lipinski definition) is 2. The molecule has 0 amide bonds. The Morgan fingerprint density at radius 3 is 2.44 bits per heavy atom. The highest BCUT2D eigenvalue weighted by Crippen LogP contribution is 2.29. The van der Waals surface area contributed by atoms with Crippen LogP contribution in [0.1, 0.15) is 5.56 Å². The van der Waals surface area contributed by atoms with Crippen molar-refractivity contribution in [3.8, 4) is 0 Å². The predicted molar refractivity (Wildman–Crippen MR) is 74.5 cm³/mol. The van der Waals surface area contributed by atoms with Crippen LogP contribution in [-0.4, -0.2) is 12.2 Å². The summed E-state index contributed by atoms with van der Waals surface area (Å²) in [6.45, 7) is -0.0414. The zero-order valence-electron chi connectivity index (χ0n) is 9.90. The fourth-order valence-corrected chi connectivity index (χ4v) is 2.22. The molecule has 0 aliphatic carbocycles. The summed E-state index contributed by atoms with van der Waals surface area (Å²) >= 11 is 3.37. The summed E-state index contributed by atoms with van der Waals surface area (Å²) in [6.07, 6.45) is 0. The Morgan fingerprint density at radius 1 is 1.17 bits per heavy atom. The lowest BCUT2D eigenvalue weighted by molar-refractivity contribution is 0.282. The van der Waals surface area contributed by atoms with Gasteiger partial charge in [0.1, 0.15) is 5.82 Å². The molecule has 0 fully saturated rings. The van der Waals surface area contributed by atoms with Gasteiger partial charge in [-0.1, -0.05) is 15.9 Å². The Labute approximate surface area is 114 Å². The van der Waals surface area contributed by atoms with Crippen LogP contribution in [-0.2, 0) is 6.61 Å². The quantitative estimate of drug-likeness (QED) is 0.931. The number of aliphatic hydroxyl groups excluding tert-OH is 1. The van der Waals surface area contributed by atoms with E-state index in [9.17, 15) is 9.50 Å². The van der Waals surface area contributed by atoms with Gasteiger partial charge in [0.05, 0.1) is 6.61 Å². The Hall–Kier alpha value is -1.39. The van der Waals surface area contributed by atoms with Crippen LogP contribution in [0.15, 0.2) is 46.9 Å². The molecule has 0 radical (unpaired) electrons. The van der Waals surface area contributed by atoms with Crippen LogP contribution < -0.4 is 4.90 Å². The van der Waals surface area contributed by atoms with Gasteiger partial charge in [0.25, 0.3) is 0 Å². The Balaban J connectivity index is 2.39. The molecule has 2 aromatic carbocycles. The summed E-state index contributed by atoms with van der Waals surface area (Å²) in [6, 6.07) is 12.0. The molecule has 2 aromatic rings. The van der Waals surface area contributed by atoms with E-state index in [4.69, 9.17) is 0 Å². The zero-order chi connectivity index (χ0) is 13.1. The van der Waals surface area contributed by atoms with Crippen molar-refractivity contribution in [1.82, 2.24) is 0 Å². The zero-order valence-corrected chi connectivity index (χ0v) is 11.5. The second kappa shape index (κ2) is 5.50. The van der Waals surface area contributed by atoms with Crippen LogP contribution in [0.2, 0.25) is 0 Å². The fourth-order valence-electron chi connectivity index (χ4n) is 1.81. The van der Waals surface area contributed by atoms with Crippen LogP contribution in [0.3, 0.4) is 0 Å². The highest BCUT2D eigenvalue weighted by atomic mass is 79.9. The molecule has 0 saturated heterocycles. The normalized spacial score (nSPS) is 10.4. The summed E-state index contributed by atoms with van der Waals surface area (Å²) in [5, 5.41) is 9.38. The van der Waals surface area contributed by atoms with Crippen LogP contribution in [0, 0.1) is 5.82 Å². The first-order chi connectivity index (χ1) is 8.61. The van der Waals surface area contributed by atoms with Gasteiger partial charge in [-0.05, 0) is 42.5 Å². The first kappa shape index (κ1) is 13.1. The third-order valence-electron chi connectivity index (χ3n) is 2.79. The predicted octanol–water partition coefficient (Wildman–Crippen LogP) is 3.85. The van der Waals surface area contributed by atoms with Crippen LogP contribution in [0.25, 0.3) is 0 Å². The number of aliphatic hydroxyl groups is 1. The molecular weight excluding hydrogens is 297 g/mol. The van der Waals surface area contributed by atoms with E-state index in [0.29, 0.717) is 0 Å². The van der Waals surface area contributed by atoms with Gasteiger partial charge in [0, 0.05) is 28.5 Å². The molecule has 0 atom stereocenters. The number of nitrogens with zero attached hydrogens (tertiary/aromatic N) is 1. The molecule has 0 aliphatic rings. The molecule has 0 unspecified atom stereocenters. The van der Waals surface area contributed by atoms with Gasteiger partial charge in [-0.2, -0.15) is 0 Å². The van der Waals surface area contributed by atoms with Gasteiger partial charge >= 0.3 is 0 Å². The maximum absolute atomic E-state index is 12.9.